The number of hydrogen-bond acceptors (Lipinski definition) is 5. The zero-order valence-electron chi connectivity index (χ0n) is 14.2. The van der Waals surface area contributed by atoms with Gasteiger partial charge in [-0.2, -0.15) is 10.1 Å². The lowest BCUT2D eigenvalue weighted by atomic mass is 9.95. The van der Waals surface area contributed by atoms with Gasteiger partial charge >= 0.3 is 0 Å². The van der Waals surface area contributed by atoms with Crippen LogP contribution in [-0.2, 0) is 4.79 Å². The van der Waals surface area contributed by atoms with Gasteiger partial charge in [-0.15, -0.1) is 0 Å². The summed E-state index contributed by atoms with van der Waals surface area (Å²) in [6.45, 7) is 7.98. The normalized spacial score (nSPS) is 16.5. The first-order valence-corrected chi connectivity index (χ1v) is 8.08. The van der Waals surface area contributed by atoms with E-state index in [9.17, 15) is 4.79 Å². The molecule has 24 heavy (non-hydrogen) atoms. The quantitative estimate of drug-likeness (QED) is 0.876. The van der Waals surface area contributed by atoms with Crippen LogP contribution in [0.25, 0.3) is 0 Å². The summed E-state index contributed by atoms with van der Waals surface area (Å²) in [7, 11) is 0. The summed E-state index contributed by atoms with van der Waals surface area (Å²) in [6.07, 6.45) is 1.47. The standard InChI is InChI=1S/C17H22N6O/c1-4-22(5-2)13-8-6-12(7-9-13)15-14(16(18)24)11(3)21-17-19-10-20-23(15)17/h6-10,15H,4-5H2,1-3H3,(H2,18,24)(H,19,20,21)/t15-/m1/s1. The summed E-state index contributed by atoms with van der Waals surface area (Å²) < 4.78 is 1.69. The van der Waals surface area contributed by atoms with Crippen molar-refractivity contribution in [2.24, 2.45) is 5.73 Å². The Hall–Kier alpha value is -2.83. The molecule has 1 atom stereocenters. The van der Waals surface area contributed by atoms with Crippen LogP contribution in [-0.4, -0.2) is 33.8 Å². The molecular formula is C17H22N6O. The van der Waals surface area contributed by atoms with Crippen LogP contribution >= 0.6 is 0 Å². The molecule has 7 nitrogen and oxygen atoms in total. The summed E-state index contributed by atoms with van der Waals surface area (Å²) >= 11 is 0. The zero-order chi connectivity index (χ0) is 17.3. The summed E-state index contributed by atoms with van der Waals surface area (Å²) in [4.78, 5) is 18.5. The summed E-state index contributed by atoms with van der Waals surface area (Å²) in [6, 6.07) is 7.80. The van der Waals surface area contributed by atoms with Crippen LogP contribution in [0, 0.1) is 0 Å². The zero-order valence-corrected chi connectivity index (χ0v) is 14.2. The number of primary amides is 1. The fourth-order valence-electron chi connectivity index (χ4n) is 3.17. The molecule has 3 rings (SSSR count). The summed E-state index contributed by atoms with van der Waals surface area (Å²) in [5.41, 5.74) is 8.94. The second kappa shape index (κ2) is 6.35. The van der Waals surface area contributed by atoms with E-state index in [1.54, 1.807) is 4.68 Å². The Morgan fingerprint density at radius 1 is 1.29 bits per heavy atom. The maximum Gasteiger partial charge on any atom is 0.248 e. The molecule has 0 aliphatic carbocycles. The smallest absolute Gasteiger partial charge is 0.248 e. The number of carbonyl (C=O) groups is 1. The van der Waals surface area contributed by atoms with E-state index in [4.69, 9.17) is 5.73 Å². The highest BCUT2D eigenvalue weighted by atomic mass is 16.1. The van der Waals surface area contributed by atoms with Gasteiger partial charge in [-0.3, -0.25) is 4.79 Å². The van der Waals surface area contributed by atoms with Crippen molar-refractivity contribution in [1.29, 1.82) is 0 Å². The van der Waals surface area contributed by atoms with Gasteiger partial charge in [0.25, 0.3) is 0 Å². The van der Waals surface area contributed by atoms with Crippen molar-refractivity contribution in [2.45, 2.75) is 26.8 Å². The average Bonchev–Trinajstić information content (AvgIpc) is 3.03. The molecular weight excluding hydrogens is 304 g/mol. The van der Waals surface area contributed by atoms with E-state index in [0.717, 1.165) is 24.3 Å². The van der Waals surface area contributed by atoms with Gasteiger partial charge in [0.05, 0.1) is 5.57 Å². The van der Waals surface area contributed by atoms with Gasteiger partial charge in [-0.25, -0.2) is 4.68 Å². The van der Waals surface area contributed by atoms with Crippen molar-refractivity contribution in [1.82, 2.24) is 14.8 Å². The number of amides is 1. The van der Waals surface area contributed by atoms with Crippen molar-refractivity contribution in [3.63, 3.8) is 0 Å². The molecule has 1 aromatic heterocycles. The number of anilines is 2. The Bertz CT molecular complexity index is 773. The van der Waals surface area contributed by atoms with E-state index < -0.39 is 5.91 Å². The first kappa shape index (κ1) is 16.0. The van der Waals surface area contributed by atoms with Gasteiger partial charge in [-0.1, -0.05) is 12.1 Å². The molecule has 0 spiro atoms. The number of allylic oxidation sites excluding steroid dienone is 1. The third-order valence-corrected chi connectivity index (χ3v) is 4.40. The molecule has 2 heterocycles. The number of aromatic nitrogens is 3. The van der Waals surface area contributed by atoms with Crippen LogP contribution in [0.2, 0.25) is 0 Å². The van der Waals surface area contributed by atoms with E-state index in [0.29, 0.717) is 17.2 Å². The van der Waals surface area contributed by atoms with Gasteiger partial charge in [-0.05, 0) is 38.5 Å². The summed E-state index contributed by atoms with van der Waals surface area (Å²) in [5, 5.41) is 7.34. The Morgan fingerprint density at radius 2 is 1.96 bits per heavy atom. The molecule has 0 fully saturated rings. The lowest BCUT2D eigenvalue weighted by Crippen LogP contribution is -2.31. The molecule has 0 saturated heterocycles. The number of nitrogens with two attached hydrogens (primary N) is 1. The van der Waals surface area contributed by atoms with E-state index >= 15 is 0 Å². The van der Waals surface area contributed by atoms with E-state index in [1.165, 1.54) is 6.33 Å². The van der Waals surface area contributed by atoms with E-state index in [2.05, 4.69) is 46.3 Å². The van der Waals surface area contributed by atoms with Crippen molar-refractivity contribution in [3.05, 3.63) is 47.4 Å². The Labute approximate surface area is 141 Å². The van der Waals surface area contributed by atoms with Crippen LogP contribution in [0.3, 0.4) is 0 Å². The minimum absolute atomic E-state index is 0.369. The highest BCUT2D eigenvalue weighted by Crippen LogP contribution is 2.34. The second-order valence-corrected chi connectivity index (χ2v) is 5.72. The molecule has 126 valence electrons. The topological polar surface area (TPSA) is 89.1 Å². The molecule has 0 radical (unpaired) electrons. The minimum Gasteiger partial charge on any atom is -0.372 e. The molecule has 1 amide bonds. The van der Waals surface area contributed by atoms with Crippen LogP contribution < -0.4 is 16.0 Å². The fourth-order valence-corrected chi connectivity index (χ4v) is 3.17. The molecule has 2 aromatic rings. The Balaban J connectivity index is 2.05. The van der Waals surface area contributed by atoms with Crippen molar-refractivity contribution in [3.8, 4) is 0 Å². The number of rotatable bonds is 5. The van der Waals surface area contributed by atoms with Crippen LogP contribution in [0.4, 0.5) is 11.6 Å². The predicted molar refractivity (Wildman–Crippen MR) is 93.7 cm³/mol. The number of nitrogens with one attached hydrogen (secondary N) is 1. The number of hydrogen-bond donors (Lipinski definition) is 2. The lowest BCUT2D eigenvalue weighted by molar-refractivity contribution is -0.115. The van der Waals surface area contributed by atoms with Crippen LogP contribution in [0.15, 0.2) is 41.9 Å². The van der Waals surface area contributed by atoms with Gasteiger partial charge < -0.3 is 16.0 Å². The van der Waals surface area contributed by atoms with Gasteiger partial charge in [0.1, 0.15) is 12.4 Å². The molecule has 1 aliphatic rings. The first-order valence-electron chi connectivity index (χ1n) is 8.08. The van der Waals surface area contributed by atoms with E-state index in [1.807, 2.05) is 19.1 Å². The van der Waals surface area contributed by atoms with Gasteiger partial charge in [0, 0.05) is 24.5 Å². The van der Waals surface area contributed by atoms with E-state index in [-0.39, 0.29) is 6.04 Å². The molecule has 1 aromatic carbocycles. The lowest BCUT2D eigenvalue weighted by Gasteiger charge is -2.28. The predicted octanol–water partition coefficient (Wildman–Crippen LogP) is 1.90. The number of benzene rings is 1. The van der Waals surface area contributed by atoms with Gasteiger partial charge in [0.15, 0.2) is 0 Å². The summed E-state index contributed by atoms with van der Waals surface area (Å²) in [5.74, 6) is 0.147. The highest BCUT2D eigenvalue weighted by molar-refractivity contribution is 5.95. The maximum atomic E-state index is 12.0. The number of fused-ring (bicyclic) bond motifs is 1. The Morgan fingerprint density at radius 3 is 2.54 bits per heavy atom. The van der Waals surface area contributed by atoms with Gasteiger partial charge in [0.2, 0.25) is 11.9 Å². The molecule has 1 aliphatic heterocycles. The van der Waals surface area contributed by atoms with Crippen molar-refractivity contribution in [2.75, 3.05) is 23.3 Å². The maximum absolute atomic E-state index is 12.0. The molecule has 7 heteroatoms. The third kappa shape index (κ3) is 2.62. The molecule has 0 saturated carbocycles. The average molecular weight is 326 g/mol. The largest absolute Gasteiger partial charge is 0.372 e. The molecule has 0 unspecified atom stereocenters. The van der Waals surface area contributed by atoms with Crippen LogP contribution in [0.5, 0.6) is 0 Å². The fraction of sp³-hybridized carbons (Fsp3) is 0.353. The number of carbonyl (C=O) groups excluding carboxylic acids is 1. The first-order chi connectivity index (χ1) is 11.6. The SMILES string of the molecule is CCN(CC)c1ccc([C@@H]2C(C(N)=O)=C(C)Nc3ncnn32)cc1. The molecule has 0 bridgehead atoms. The second-order valence-electron chi connectivity index (χ2n) is 5.72. The monoisotopic (exact) mass is 326 g/mol. The highest BCUT2D eigenvalue weighted by Gasteiger charge is 2.32. The van der Waals surface area contributed by atoms with Crippen molar-refractivity contribution < 1.29 is 4.79 Å². The number of nitrogens with zero attached hydrogens (tertiary/aromatic N) is 4. The van der Waals surface area contributed by atoms with Crippen LogP contribution in [0.1, 0.15) is 32.4 Å². The minimum atomic E-state index is -0.459. The molecule has 3 N–H and O–H groups in total. The Kier molecular flexibility index (Phi) is 4.24. The van der Waals surface area contributed by atoms with Crippen molar-refractivity contribution >= 4 is 17.5 Å². The third-order valence-electron chi connectivity index (χ3n) is 4.40.